The van der Waals surface area contributed by atoms with Gasteiger partial charge in [-0.15, -0.1) is 0 Å². The van der Waals surface area contributed by atoms with Gasteiger partial charge in [0.2, 0.25) is 5.91 Å². The van der Waals surface area contributed by atoms with Crippen molar-refractivity contribution < 1.29 is 9.90 Å². The molecule has 0 aliphatic carbocycles. The van der Waals surface area contributed by atoms with E-state index < -0.39 is 6.10 Å². The molecule has 0 spiro atoms. The third kappa shape index (κ3) is 3.11. The Kier molecular flexibility index (Phi) is 3.96. The maximum atomic E-state index is 12.3. The second kappa shape index (κ2) is 6.05. The maximum Gasteiger partial charge on any atom is 0.223 e. The van der Waals surface area contributed by atoms with Gasteiger partial charge in [-0.25, -0.2) is 4.98 Å². The number of amides is 1. The van der Waals surface area contributed by atoms with Crippen LogP contribution in [0.25, 0.3) is 0 Å². The van der Waals surface area contributed by atoms with Crippen molar-refractivity contribution in [3.05, 3.63) is 48.0 Å². The SMILES string of the molecule is O=C(CCCn1cncn1)N1Cc2ccccc2[C@H](O)C1. The van der Waals surface area contributed by atoms with Crippen LogP contribution < -0.4 is 0 Å². The number of benzene rings is 1. The van der Waals surface area contributed by atoms with Crippen LogP contribution in [-0.4, -0.2) is 37.2 Å². The van der Waals surface area contributed by atoms with Crippen molar-refractivity contribution in [1.82, 2.24) is 19.7 Å². The van der Waals surface area contributed by atoms with Crippen molar-refractivity contribution in [3.8, 4) is 0 Å². The molecule has 1 aromatic carbocycles. The standard InChI is InChI=1S/C15H18N4O2/c20-14-9-18(8-12-4-1-2-5-13(12)14)15(21)6-3-7-19-11-16-10-17-19/h1-2,4-5,10-11,14,20H,3,6-9H2/t14-/m1/s1. The maximum absolute atomic E-state index is 12.3. The molecule has 1 aliphatic heterocycles. The number of rotatable bonds is 4. The molecule has 0 saturated carbocycles. The Morgan fingerprint density at radius 1 is 1.38 bits per heavy atom. The Morgan fingerprint density at radius 3 is 3.05 bits per heavy atom. The van der Waals surface area contributed by atoms with Gasteiger partial charge in [-0.05, 0) is 17.5 Å². The second-order valence-corrected chi connectivity index (χ2v) is 5.25. The fourth-order valence-corrected chi connectivity index (χ4v) is 2.67. The molecule has 0 bridgehead atoms. The van der Waals surface area contributed by atoms with Crippen molar-refractivity contribution in [2.45, 2.75) is 32.0 Å². The summed E-state index contributed by atoms with van der Waals surface area (Å²) >= 11 is 0. The predicted molar refractivity (Wildman–Crippen MR) is 76.1 cm³/mol. The minimum absolute atomic E-state index is 0.0728. The molecule has 0 unspecified atom stereocenters. The van der Waals surface area contributed by atoms with Gasteiger partial charge < -0.3 is 10.0 Å². The number of β-amino-alcohol motifs (C(OH)–C–C–N with tert-alkyl or cyclic N) is 1. The molecule has 110 valence electrons. The molecule has 1 amide bonds. The molecule has 0 radical (unpaired) electrons. The van der Waals surface area contributed by atoms with Gasteiger partial charge in [0.15, 0.2) is 0 Å². The van der Waals surface area contributed by atoms with Crippen LogP contribution in [0.1, 0.15) is 30.1 Å². The molecular formula is C15H18N4O2. The van der Waals surface area contributed by atoms with E-state index in [1.54, 1.807) is 15.9 Å². The number of carbonyl (C=O) groups is 1. The normalized spacial score (nSPS) is 17.6. The lowest BCUT2D eigenvalue weighted by molar-refractivity contribution is -0.134. The van der Waals surface area contributed by atoms with Crippen molar-refractivity contribution in [3.63, 3.8) is 0 Å². The van der Waals surface area contributed by atoms with E-state index in [1.807, 2.05) is 24.3 Å². The lowest BCUT2D eigenvalue weighted by atomic mass is 9.97. The summed E-state index contributed by atoms with van der Waals surface area (Å²) in [6, 6.07) is 7.74. The summed E-state index contributed by atoms with van der Waals surface area (Å²) in [5, 5.41) is 14.1. The van der Waals surface area contributed by atoms with Gasteiger partial charge in [-0.1, -0.05) is 24.3 Å². The van der Waals surface area contributed by atoms with Crippen molar-refractivity contribution in [2.24, 2.45) is 0 Å². The first kappa shape index (κ1) is 13.8. The van der Waals surface area contributed by atoms with E-state index in [2.05, 4.69) is 10.1 Å². The van der Waals surface area contributed by atoms with Crippen molar-refractivity contribution in [2.75, 3.05) is 6.54 Å². The zero-order chi connectivity index (χ0) is 14.7. The Hall–Kier alpha value is -2.21. The monoisotopic (exact) mass is 286 g/mol. The number of aliphatic hydroxyl groups is 1. The lowest BCUT2D eigenvalue weighted by Crippen LogP contribution is -2.38. The van der Waals surface area contributed by atoms with Crippen LogP contribution in [-0.2, 0) is 17.9 Å². The first-order valence-electron chi connectivity index (χ1n) is 7.10. The molecular weight excluding hydrogens is 268 g/mol. The summed E-state index contributed by atoms with van der Waals surface area (Å²) in [5.74, 6) is 0.0728. The van der Waals surface area contributed by atoms with E-state index in [0.29, 0.717) is 26.1 Å². The number of aliphatic hydroxyl groups excluding tert-OH is 1. The molecule has 3 rings (SSSR count). The van der Waals surface area contributed by atoms with E-state index >= 15 is 0 Å². The number of aromatic nitrogens is 3. The van der Waals surface area contributed by atoms with Gasteiger partial charge in [-0.2, -0.15) is 5.10 Å². The van der Waals surface area contributed by atoms with Crippen LogP contribution in [0.15, 0.2) is 36.9 Å². The second-order valence-electron chi connectivity index (χ2n) is 5.25. The topological polar surface area (TPSA) is 71.2 Å². The Bertz CT molecular complexity index is 612. The number of hydrogen-bond donors (Lipinski definition) is 1. The molecule has 1 N–H and O–H groups in total. The van der Waals surface area contributed by atoms with Crippen LogP contribution >= 0.6 is 0 Å². The minimum atomic E-state index is -0.589. The van der Waals surface area contributed by atoms with Gasteiger partial charge in [0, 0.05) is 19.5 Å². The zero-order valence-electron chi connectivity index (χ0n) is 11.7. The van der Waals surface area contributed by atoms with Gasteiger partial charge in [-0.3, -0.25) is 9.48 Å². The summed E-state index contributed by atoms with van der Waals surface area (Å²) in [5.41, 5.74) is 1.96. The zero-order valence-corrected chi connectivity index (χ0v) is 11.7. The smallest absolute Gasteiger partial charge is 0.223 e. The average Bonchev–Trinajstić information content (AvgIpc) is 3.00. The lowest BCUT2D eigenvalue weighted by Gasteiger charge is -2.32. The van der Waals surface area contributed by atoms with Crippen LogP contribution in [0.5, 0.6) is 0 Å². The van der Waals surface area contributed by atoms with Crippen LogP contribution in [0.3, 0.4) is 0 Å². The molecule has 2 heterocycles. The third-order valence-electron chi connectivity index (χ3n) is 3.77. The quantitative estimate of drug-likeness (QED) is 0.914. The molecule has 2 aromatic rings. The first-order valence-corrected chi connectivity index (χ1v) is 7.10. The van der Waals surface area contributed by atoms with Gasteiger partial charge >= 0.3 is 0 Å². The number of nitrogens with zero attached hydrogens (tertiary/aromatic N) is 4. The van der Waals surface area contributed by atoms with Crippen LogP contribution in [0.4, 0.5) is 0 Å². The largest absolute Gasteiger partial charge is 0.387 e. The highest BCUT2D eigenvalue weighted by Crippen LogP contribution is 2.26. The molecule has 6 heteroatoms. The summed E-state index contributed by atoms with van der Waals surface area (Å²) in [6.07, 6.45) is 3.71. The van der Waals surface area contributed by atoms with Gasteiger partial charge in [0.25, 0.3) is 0 Å². The summed E-state index contributed by atoms with van der Waals surface area (Å²) in [4.78, 5) is 17.9. The van der Waals surface area contributed by atoms with Gasteiger partial charge in [0.05, 0.1) is 12.6 Å². The molecule has 0 fully saturated rings. The number of hydrogen-bond acceptors (Lipinski definition) is 4. The van der Waals surface area contributed by atoms with Crippen LogP contribution in [0.2, 0.25) is 0 Å². The molecule has 1 aliphatic rings. The fourth-order valence-electron chi connectivity index (χ4n) is 2.67. The third-order valence-corrected chi connectivity index (χ3v) is 3.77. The number of fused-ring (bicyclic) bond motifs is 1. The first-order chi connectivity index (χ1) is 10.2. The molecule has 1 atom stereocenters. The molecule has 0 saturated heterocycles. The highest BCUT2D eigenvalue weighted by molar-refractivity contribution is 5.76. The summed E-state index contributed by atoms with van der Waals surface area (Å²) in [6.45, 7) is 1.63. The van der Waals surface area contributed by atoms with Gasteiger partial charge in [0.1, 0.15) is 12.7 Å². The molecule has 6 nitrogen and oxygen atoms in total. The van der Waals surface area contributed by atoms with Crippen LogP contribution in [0, 0.1) is 0 Å². The summed E-state index contributed by atoms with van der Waals surface area (Å²) < 4.78 is 1.72. The van der Waals surface area contributed by atoms with E-state index in [-0.39, 0.29) is 5.91 Å². The Morgan fingerprint density at radius 2 is 2.24 bits per heavy atom. The predicted octanol–water partition coefficient (Wildman–Crippen LogP) is 1.13. The highest BCUT2D eigenvalue weighted by atomic mass is 16.3. The number of carbonyl (C=O) groups excluding carboxylic acids is 1. The van der Waals surface area contributed by atoms with E-state index in [1.165, 1.54) is 6.33 Å². The van der Waals surface area contributed by atoms with E-state index in [9.17, 15) is 9.90 Å². The fraction of sp³-hybridized carbons (Fsp3) is 0.400. The average molecular weight is 286 g/mol. The molecule has 21 heavy (non-hydrogen) atoms. The Balaban J connectivity index is 1.56. The molecule has 1 aromatic heterocycles. The van der Waals surface area contributed by atoms with Crippen molar-refractivity contribution >= 4 is 5.91 Å². The van der Waals surface area contributed by atoms with Crippen molar-refractivity contribution in [1.29, 1.82) is 0 Å². The van der Waals surface area contributed by atoms with E-state index in [0.717, 1.165) is 17.5 Å². The minimum Gasteiger partial charge on any atom is -0.387 e. The summed E-state index contributed by atoms with van der Waals surface area (Å²) in [7, 11) is 0. The number of aryl methyl sites for hydroxylation is 1. The highest BCUT2D eigenvalue weighted by Gasteiger charge is 2.25. The van der Waals surface area contributed by atoms with E-state index in [4.69, 9.17) is 0 Å². The Labute approximate surface area is 123 Å².